The molecule has 1 aliphatic rings. The first-order valence-corrected chi connectivity index (χ1v) is 8.17. The number of ether oxygens (including phenoxy) is 3. The van der Waals surface area contributed by atoms with E-state index in [4.69, 9.17) is 14.2 Å². The first-order chi connectivity index (χ1) is 11.7. The lowest BCUT2D eigenvalue weighted by Gasteiger charge is -2.19. The Morgan fingerprint density at radius 1 is 1.17 bits per heavy atom. The van der Waals surface area contributed by atoms with Gasteiger partial charge in [0.2, 0.25) is 5.91 Å². The maximum absolute atomic E-state index is 12.1. The van der Waals surface area contributed by atoms with Gasteiger partial charge in [0.25, 0.3) is 0 Å². The Hall–Kier alpha value is -2.47. The lowest BCUT2D eigenvalue weighted by atomic mass is 10.2. The molecule has 5 nitrogen and oxygen atoms in total. The van der Waals surface area contributed by atoms with Crippen LogP contribution in [0.25, 0.3) is 6.08 Å². The molecule has 2 aromatic rings. The first-order valence-electron chi connectivity index (χ1n) is 7.38. The van der Waals surface area contributed by atoms with Crippen LogP contribution in [0.2, 0.25) is 0 Å². The summed E-state index contributed by atoms with van der Waals surface area (Å²) in [5.41, 5.74) is 1.54. The second kappa shape index (κ2) is 7.40. The number of carbonyl (C=O) groups is 1. The molecule has 0 fully saturated rings. The highest BCUT2D eigenvalue weighted by molar-refractivity contribution is 9.10. The van der Waals surface area contributed by atoms with Crippen molar-refractivity contribution >= 4 is 33.6 Å². The molecule has 124 valence electrons. The summed E-state index contributed by atoms with van der Waals surface area (Å²) in [6.45, 7) is 1.02. The lowest BCUT2D eigenvalue weighted by Crippen LogP contribution is -2.16. The number of amides is 1. The van der Waals surface area contributed by atoms with Crippen LogP contribution < -0.4 is 19.5 Å². The van der Waals surface area contributed by atoms with E-state index in [0.29, 0.717) is 30.4 Å². The van der Waals surface area contributed by atoms with E-state index in [1.807, 2.05) is 24.3 Å². The van der Waals surface area contributed by atoms with Gasteiger partial charge in [0, 0.05) is 22.7 Å². The molecule has 0 spiro atoms. The molecule has 24 heavy (non-hydrogen) atoms. The highest BCUT2D eigenvalue weighted by Gasteiger charge is 2.15. The smallest absolute Gasteiger partial charge is 0.248 e. The molecule has 1 heterocycles. The number of halogens is 1. The Morgan fingerprint density at radius 2 is 1.83 bits per heavy atom. The molecule has 2 aromatic carbocycles. The second-order valence-electron chi connectivity index (χ2n) is 5.07. The van der Waals surface area contributed by atoms with Crippen LogP contribution in [-0.4, -0.2) is 26.2 Å². The average Bonchev–Trinajstić information content (AvgIpc) is 2.61. The molecule has 0 aliphatic carbocycles. The molecule has 0 radical (unpaired) electrons. The van der Waals surface area contributed by atoms with Gasteiger partial charge >= 0.3 is 0 Å². The molecule has 0 saturated heterocycles. The molecule has 1 aliphatic heterocycles. The van der Waals surface area contributed by atoms with Crippen molar-refractivity contribution in [2.45, 2.75) is 0 Å². The van der Waals surface area contributed by atoms with Crippen LogP contribution >= 0.6 is 15.9 Å². The first kappa shape index (κ1) is 16.4. The fourth-order valence-corrected chi connectivity index (χ4v) is 2.64. The highest BCUT2D eigenvalue weighted by Crippen LogP contribution is 2.38. The number of fused-ring (bicyclic) bond motifs is 1. The number of anilines is 1. The number of carbonyl (C=O) groups excluding carboxylic acids is 1. The van der Waals surface area contributed by atoms with Crippen LogP contribution in [0.15, 0.2) is 46.9 Å². The minimum Gasteiger partial charge on any atom is -0.497 e. The molecule has 1 N–H and O–H groups in total. The Labute approximate surface area is 148 Å². The van der Waals surface area contributed by atoms with Gasteiger partial charge in [0.1, 0.15) is 19.0 Å². The summed E-state index contributed by atoms with van der Waals surface area (Å²) in [5, 5.41) is 2.82. The summed E-state index contributed by atoms with van der Waals surface area (Å²) in [5.74, 6) is 1.83. The molecule has 3 rings (SSSR count). The quantitative estimate of drug-likeness (QED) is 0.806. The van der Waals surface area contributed by atoms with Crippen molar-refractivity contribution in [1.29, 1.82) is 0 Å². The predicted molar refractivity (Wildman–Crippen MR) is 95.8 cm³/mol. The van der Waals surface area contributed by atoms with E-state index < -0.39 is 0 Å². The summed E-state index contributed by atoms with van der Waals surface area (Å²) in [6, 6.07) is 11.0. The molecule has 0 unspecified atom stereocenters. The second-order valence-corrected chi connectivity index (χ2v) is 5.93. The number of hydrogen-bond acceptors (Lipinski definition) is 4. The summed E-state index contributed by atoms with van der Waals surface area (Å²) in [7, 11) is 1.61. The highest BCUT2D eigenvalue weighted by atomic mass is 79.9. The molecule has 0 aromatic heterocycles. The van der Waals surface area contributed by atoms with Crippen molar-refractivity contribution in [3.63, 3.8) is 0 Å². The lowest BCUT2D eigenvalue weighted by molar-refractivity contribution is -0.111. The summed E-state index contributed by atoms with van der Waals surface area (Å²) < 4.78 is 16.9. The molecular weight excluding hydrogens is 374 g/mol. The van der Waals surface area contributed by atoms with Crippen molar-refractivity contribution in [1.82, 2.24) is 0 Å². The minimum absolute atomic E-state index is 0.233. The van der Waals surface area contributed by atoms with E-state index in [0.717, 1.165) is 15.8 Å². The Balaban J connectivity index is 1.69. The van der Waals surface area contributed by atoms with E-state index in [1.165, 1.54) is 6.08 Å². The Morgan fingerprint density at radius 3 is 2.50 bits per heavy atom. The van der Waals surface area contributed by atoms with Gasteiger partial charge in [-0.3, -0.25) is 4.79 Å². The molecule has 0 bridgehead atoms. The van der Waals surface area contributed by atoms with E-state index in [9.17, 15) is 4.79 Å². The monoisotopic (exact) mass is 389 g/mol. The van der Waals surface area contributed by atoms with E-state index in [1.54, 1.807) is 25.3 Å². The van der Waals surface area contributed by atoms with Crippen molar-refractivity contribution < 1.29 is 19.0 Å². The fraction of sp³-hybridized carbons (Fsp3) is 0.167. The topological polar surface area (TPSA) is 56.8 Å². The van der Waals surface area contributed by atoms with E-state index in [2.05, 4.69) is 21.2 Å². The maximum atomic E-state index is 12.1. The maximum Gasteiger partial charge on any atom is 0.248 e. The van der Waals surface area contributed by atoms with Crippen LogP contribution in [0.1, 0.15) is 5.56 Å². The molecule has 0 atom stereocenters. The number of methoxy groups -OCH3 is 1. The minimum atomic E-state index is -0.233. The van der Waals surface area contributed by atoms with Crippen molar-refractivity contribution in [2.75, 3.05) is 25.6 Å². The summed E-state index contributed by atoms with van der Waals surface area (Å²) in [4.78, 5) is 12.1. The molecule has 6 heteroatoms. The Bertz CT molecular complexity index is 771. The molecular formula is C18H16BrNO4. The summed E-state index contributed by atoms with van der Waals surface area (Å²) in [6.07, 6.45) is 3.21. The standard InChI is InChI=1S/C18H16BrNO4/c1-22-13-5-2-12(3-6-13)4-7-18(21)20-15-11-17-16(10-14(15)19)23-8-9-24-17/h2-7,10-11H,8-9H2,1H3,(H,20,21)/b7-4+. The van der Waals surface area contributed by atoms with Gasteiger partial charge in [-0.15, -0.1) is 0 Å². The van der Waals surface area contributed by atoms with Gasteiger partial charge in [-0.2, -0.15) is 0 Å². The van der Waals surface area contributed by atoms with Gasteiger partial charge in [-0.1, -0.05) is 12.1 Å². The van der Waals surface area contributed by atoms with Gasteiger partial charge in [-0.05, 0) is 39.7 Å². The van der Waals surface area contributed by atoms with Crippen LogP contribution in [0.4, 0.5) is 5.69 Å². The number of rotatable bonds is 4. The van der Waals surface area contributed by atoms with Gasteiger partial charge in [-0.25, -0.2) is 0 Å². The number of nitrogens with one attached hydrogen (secondary N) is 1. The predicted octanol–water partition coefficient (Wildman–Crippen LogP) is 3.88. The number of hydrogen-bond donors (Lipinski definition) is 1. The zero-order valence-electron chi connectivity index (χ0n) is 13.0. The van der Waals surface area contributed by atoms with Crippen molar-refractivity contribution in [3.8, 4) is 17.2 Å². The third-order valence-electron chi connectivity index (χ3n) is 3.43. The van der Waals surface area contributed by atoms with Crippen LogP contribution in [0.3, 0.4) is 0 Å². The van der Waals surface area contributed by atoms with E-state index >= 15 is 0 Å². The number of benzene rings is 2. The molecule has 1 amide bonds. The molecule has 0 saturated carbocycles. The largest absolute Gasteiger partial charge is 0.497 e. The zero-order chi connectivity index (χ0) is 16.9. The van der Waals surface area contributed by atoms with Crippen molar-refractivity contribution in [3.05, 3.63) is 52.5 Å². The van der Waals surface area contributed by atoms with Gasteiger partial charge < -0.3 is 19.5 Å². The summed E-state index contributed by atoms with van der Waals surface area (Å²) >= 11 is 3.43. The normalized spacial score (nSPS) is 12.9. The SMILES string of the molecule is COc1ccc(/C=C/C(=O)Nc2cc3c(cc2Br)OCCO3)cc1. The van der Waals surface area contributed by atoms with Gasteiger partial charge in [0.05, 0.1) is 12.8 Å². The van der Waals surface area contributed by atoms with Crippen LogP contribution in [-0.2, 0) is 4.79 Å². The van der Waals surface area contributed by atoms with E-state index in [-0.39, 0.29) is 5.91 Å². The average molecular weight is 390 g/mol. The fourth-order valence-electron chi connectivity index (χ4n) is 2.22. The van der Waals surface area contributed by atoms with Crippen molar-refractivity contribution in [2.24, 2.45) is 0 Å². The van der Waals surface area contributed by atoms with Crippen LogP contribution in [0.5, 0.6) is 17.2 Å². The third-order valence-corrected chi connectivity index (χ3v) is 4.09. The van der Waals surface area contributed by atoms with Gasteiger partial charge in [0.15, 0.2) is 11.5 Å². The third kappa shape index (κ3) is 3.89. The Kier molecular flexibility index (Phi) is 5.05. The zero-order valence-corrected chi connectivity index (χ0v) is 14.6. The van der Waals surface area contributed by atoms with Crippen LogP contribution in [0, 0.1) is 0 Å².